The minimum Gasteiger partial charge on any atom is -0.287 e. The molecule has 74 valence electrons. The molecule has 0 unspecified atom stereocenters. The molecule has 0 atom stereocenters. The van der Waals surface area contributed by atoms with Crippen LogP contribution in [0.25, 0.3) is 0 Å². The summed E-state index contributed by atoms with van der Waals surface area (Å²) in [5.74, 6) is -0.122. The molecule has 0 radical (unpaired) electrons. The maximum atomic E-state index is 11.9. The number of carbonyl (C=O) groups is 1. The van der Waals surface area contributed by atoms with Crippen molar-refractivity contribution < 1.29 is 4.79 Å². The molecule has 0 aliphatic heterocycles. The Morgan fingerprint density at radius 2 is 1.93 bits per heavy atom. The lowest BCUT2D eigenvalue weighted by Crippen LogP contribution is -2.06. The van der Waals surface area contributed by atoms with Crippen LogP contribution in [-0.4, -0.2) is 20.7 Å². The van der Waals surface area contributed by atoms with Gasteiger partial charge >= 0.3 is 0 Å². The summed E-state index contributed by atoms with van der Waals surface area (Å²) < 4.78 is 0. The molecule has 15 heavy (non-hydrogen) atoms. The number of carbonyl (C=O) groups excluding carboxylic acids is 1. The van der Waals surface area contributed by atoms with Crippen molar-refractivity contribution in [1.82, 2.24) is 15.0 Å². The van der Waals surface area contributed by atoms with E-state index in [-0.39, 0.29) is 5.78 Å². The lowest BCUT2D eigenvalue weighted by Gasteiger charge is -2.02. The van der Waals surface area contributed by atoms with Crippen LogP contribution in [0, 0.1) is 6.92 Å². The molecule has 0 aliphatic carbocycles. The Balaban J connectivity index is 2.42. The number of aromatic nitrogens is 3. The Morgan fingerprint density at radius 3 is 2.60 bits per heavy atom. The summed E-state index contributed by atoms with van der Waals surface area (Å²) in [5, 5.41) is 0. The molecule has 0 bridgehead atoms. The van der Waals surface area contributed by atoms with Crippen molar-refractivity contribution in [2.45, 2.75) is 6.92 Å². The van der Waals surface area contributed by atoms with Crippen LogP contribution in [0.3, 0.4) is 0 Å². The van der Waals surface area contributed by atoms with Gasteiger partial charge in [-0.3, -0.25) is 14.8 Å². The van der Waals surface area contributed by atoms with Gasteiger partial charge in [0.25, 0.3) is 0 Å². The van der Waals surface area contributed by atoms with E-state index in [0.717, 1.165) is 5.56 Å². The minimum absolute atomic E-state index is 0.122. The van der Waals surface area contributed by atoms with Crippen LogP contribution >= 0.6 is 0 Å². The Morgan fingerprint density at radius 1 is 1.13 bits per heavy atom. The van der Waals surface area contributed by atoms with Gasteiger partial charge < -0.3 is 0 Å². The highest BCUT2D eigenvalue weighted by atomic mass is 16.1. The second kappa shape index (κ2) is 3.96. The smallest absolute Gasteiger partial charge is 0.213 e. The Labute approximate surface area is 87.0 Å². The van der Waals surface area contributed by atoms with E-state index in [1.165, 1.54) is 18.6 Å². The first kappa shape index (κ1) is 9.45. The molecule has 0 spiro atoms. The van der Waals surface area contributed by atoms with Crippen LogP contribution in [-0.2, 0) is 0 Å². The molecule has 0 N–H and O–H groups in total. The molecule has 2 aromatic heterocycles. The number of ketones is 1. The van der Waals surface area contributed by atoms with E-state index in [1.807, 2.05) is 6.92 Å². The highest BCUT2D eigenvalue weighted by Crippen LogP contribution is 2.09. The average molecular weight is 199 g/mol. The number of nitrogens with zero attached hydrogens (tertiary/aromatic N) is 3. The zero-order chi connectivity index (χ0) is 10.7. The number of hydrogen-bond acceptors (Lipinski definition) is 4. The fraction of sp³-hybridized carbons (Fsp3) is 0.0909. The molecule has 0 aromatic carbocycles. The van der Waals surface area contributed by atoms with Gasteiger partial charge in [-0.1, -0.05) is 0 Å². The number of aryl methyl sites for hydroxylation is 1. The van der Waals surface area contributed by atoms with Crippen LogP contribution in [0.5, 0.6) is 0 Å². The van der Waals surface area contributed by atoms with Crippen LogP contribution in [0.2, 0.25) is 0 Å². The molecule has 0 saturated carbocycles. The van der Waals surface area contributed by atoms with Gasteiger partial charge in [0.1, 0.15) is 5.69 Å². The summed E-state index contributed by atoms with van der Waals surface area (Å²) in [4.78, 5) is 23.7. The quantitative estimate of drug-likeness (QED) is 0.686. The maximum Gasteiger partial charge on any atom is 0.213 e. The topological polar surface area (TPSA) is 55.7 Å². The third kappa shape index (κ3) is 1.88. The fourth-order valence-electron chi connectivity index (χ4n) is 1.28. The third-order valence-corrected chi connectivity index (χ3v) is 2.06. The molecular weight excluding hydrogens is 190 g/mol. The molecule has 0 aliphatic rings. The first-order chi connectivity index (χ1) is 7.29. The van der Waals surface area contributed by atoms with Crippen molar-refractivity contribution >= 4 is 5.78 Å². The molecule has 4 nitrogen and oxygen atoms in total. The van der Waals surface area contributed by atoms with E-state index in [0.29, 0.717) is 11.3 Å². The van der Waals surface area contributed by atoms with Crippen molar-refractivity contribution in [2.75, 3.05) is 0 Å². The van der Waals surface area contributed by atoms with Gasteiger partial charge in [0.2, 0.25) is 5.78 Å². The fourth-order valence-corrected chi connectivity index (χ4v) is 1.28. The normalized spacial score (nSPS) is 9.93. The molecule has 0 fully saturated rings. The lowest BCUT2D eigenvalue weighted by atomic mass is 10.1. The molecule has 2 rings (SSSR count). The summed E-state index contributed by atoms with van der Waals surface area (Å²) in [6, 6.07) is 1.69. The standard InChI is InChI=1S/C11H9N3O/c1-8-6-12-3-2-9(8)11(15)10-7-13-4-5-14-10/h2-7H,1H3. The Kier molecular flexibility index (Phi) is 2.49. The zero-order valence-corrected chi connectivity index (χ0v) is 8.21. The zero-order valence-electron chi connectivity index (χ0n) is 8.21. The van der Waals surface area contributed by atoms with E-state index >= 15 is 0 Å². The summed E-state index contributed by atoms with van der Waals surface area (Å²) in [6.45, 7) is 1.84. The summed E-state index contributed by atoms with van der Waals surface area (Å²) in [5.41, 5.74) is 1.81. The van der Waals surface area contributed by atoms with Gasteiger partial charge in [-0.05, 0) is 18.6 Å². The first-order valence-corrected chi connectivity index (χ1v) is 4.50. The molecule has 0 saturated heterocycles. The lowest BCUT2D eigenvalue weighted by molar-refractivity contribution is 0.103. The average Bonchev–Trinajstić information content (AvgIpc) is 2.30. The van der Waals surface area contributed by atoms with Gasteiger partial charge in [-0.2, -0.15) is 0 Å². The summed E-state index contributed by atoms with van der Waals surface area (Å²) >= 11 is 0. The number of rotatable bonds is 2. The largest absolute Gasteiger partial charge is 0.287 e. The van der Waals surface area contributed by atoms with Crippen molar-refractivity contribution in [3.63, 3.8) is 0 Å². The van der Waals surface area contributed by atoms with E-state index < -0.39 is 0 Å². The first-order valence-electron chi connectivity index (χ1n) is 4.50. The second-order valence-corrected chi connectivity index (χ2v) is 3.11. The predicted molar refractivity (Wildman–Crippen MR) is 54.4 cm³/mol. The van der Waals surface area contributed by atoms with E-state index in [4.69, 9.17) is 0 Å². The van der Waals surface area contributed by atoms with Gasteiger partial charge in [0.05, 0.1) is 6.20 Å². The molecule has 2 aromatic rings. The molecule has 0 amide bonds. The van der Waals surface area contributed by atoms with E-state index in [9.17, 15) is 4.79 Å². The van der Waals surface area contributed by atoms with Crippen LogP contribution < -0.4 is 0 Å². The van der Waals surface area contributed by atoms with Gasteiger partial charge in [0, 0.05) is 30.4 Å². The van der Waals surface area contributed by atoms with Crippen molar-refractivity contribution in [1.29, 1.82) is 0 Å². The Bertz CT molecular complexity index is 482. The van der Waals surface area contributed by atoms with Crippen LogP contribution in [0.15, 0.2) is 37.1 Å². The molecular formula is C11H9N3O. The molecule has 4 heteroatoms. The van der Waals surface area contributed by atoms with Crippen molar-refractivity contribution in [2.24, 2.45) is 0 Å². The summed E-state index contributed by atoms with van der Waals surface area (Å²) in [7, 11) is 0. The minimum atomic E-state index is -0.122. The van der Waals surface area contributed by atoms with Gasteiger partial charge in [-0.25, -0.2) is 4.98 Å². The predicted octanol–water partition coefficient (Wildman–Crippen LogP) is 1.41. The number of pyridine rings is 1. The summed E-state index contributed by atoms with van der Waals surface area (Å²) in [6.07, 6.45) is 7.75. The van der Waals surface area contributed by atoms with Gasteiger partial charge in [0.15, 0.2) is 0 Å². The highest BCUT2D eigenvalue weighted by molar-refractivity contribution is 6.08. The van der Waals surface area contributed by atoms with Crippen LogP contribution in [0.1, 0.15) is 21.6 Å². The monoisotopic (exact) mass is 199 g/mol. The number of hydrogen-bond donors (Lipinski definition) is 0. The second-order valence-electron chi connectivity index (χ2n) is 3.11. The van der Waals surface area contributed by atoms with E-state index in [1.54, 1.807) is 18.5 Å². The highest BCUT2D eigenvalue weighted by Gasteiger charge is 2.12. The SMILES string of the molecule is Cc1cnccc1C(=O)c1cnccn1. The maximum absolute atomic E-state index is 11.9. The van der Waals surface area contributed by atoms with E-state index in [2.05, 4.69) is 15.0 Å². The van der Waals surface area contributed by atoms with Crippen molar-refractivity contribution in [3.8, 4) is 0 Å². The Hall–Kier alpha value is -2.10. The van der Waals surface area contributed by atoms with Gasteiger partial charge in [-0.15, -0.1) is 0 Å². The molecule has 2 heterocycles. The van der Waals surface area contributed by atoms with Crippen molar-refractivity contribution in [3.05, 3.63) is 53.9 Å². The van der Waals surface area contributed by atoms with Crippen LogP contribution in [0.4, 0.5) is 0 Å². The third-order valence-electron chi connectivity index (χ3n) is 2.06.